The van der Waals surface area contributed by atoms with E-state index < -0.39 is 0 Å². The van der Waals surface area contributed by atoms with Gasteiger partial charge in [-0.15, -0.1) is 0 Å². The fraction of sp³-hybridized carbons (Fsp3) is 0.714. The maximum atomic E-state index is 5.95. The molecular formula is C14H23BrN2O. The number of rotatable bonds is 7. The Balaban J connectivity index is 3.20. The van der Waals surface area contributed by atoms with Crippen molar-refractivity contribution >= 4 is 15.9 Å². The van der Waals surface area contributed by atoms with Gasteiger partial charge in [-0.1, -0.05) is 36.7 Å². The van der Waals surface area contributed by atoms with Gasteiger partial charge in [-0.3, -0.25) is 0 Å². The van der Waals surface area contributed by atoms with Crippen molar-refractivity contribution in [3.8, 4) is 0 Å². The van der Waals surface area contributed by atoms with Crippen molar-refractivity contribution in [2.45, 2.75) is 57.9 Å². The lowest BCUT2D eigenvalue weighted by Crippen LogP contribution is -2.31. The van der Waals surface area contributed by atoms with Gasteiger partial charge in [0.1, 0.15) is 5.60 Å². The lowest BCUT2D eigenvalue weighted by molar-refractivity contribution is -0.0573. The molecule has 0 radical (unpaired) electrons. The average molecular weight is 315 g/mol. The average Bonchev–Trinajstić information content (AvgIpc) is 2.44. The van der Waals surface area contributed by atoms with Gasteiger partial charge >= 0.3 is 0 Å². The Hall–Kier alpha value is -0.480. The summed E-state index contributed by atoms with van der Waals surface area (Å²) in [5, 5.41) is 0.802. The van der Waals surface area contributed by atoms with Crippen LogP contribution >= 0.6 is 15.9 Å². The highest BCUT2D eigenvalue weighted by atomic mass is 79.9. The first-order valence-electron chi connectivity index (χ1n) is 6.72. The topological polar surface area (TPSA) is 35.0 Å². The van der Waals surface area contributed by atoms with Crippen molar-refractivity contribution in [2.24, 2.45) is 0 Å². The molecule has 1 aromatic rings. The van der Waals surface area contributed by atoms with Gasteiger partial charge in [-0.25, -0.2) is 9.97 Å². The molecule has 0 N–H and O–H groups in total. The van der Waals surface area contributed by atoms with Crippen molar-refractivity contribution in [3.05, 3.63) is 23.3 Å². The molecule has 0 aliphatic heterocycles. The van der Waals surface area contributed by atoms with E-state index in [9.17, 15) is 0 Å². The van der Waals surface area contributed by atoms with E-state index >= 15 is 0 Å². The molecule has 102 valence electrons. The Morgan fingerprint density at radius 3 is 2.33 bits per heavy atom. The summed E-state index contributed by atoms with van der Waals surface area (Å²) in [6.07, 6.45) is 4.64. The van der Waals surface area contributed by atoms with E-state index in [1.54, 1.807) is 0 Å². The normalized spacial score (nSPS) is 11.8. The zero-order valence-corrected chi connectivity index (χ0v) is 13.4. The maximum absolute atomic E-state index is 5.95. The summed E-state index contributed by atoms with van der Waals surface area (Å²) in [6.45, 7) is 9.10. The fourth-order valence-corrected chi connectivity index (χ4v) is 2.66. The number of nitrogens with zero attached hydrogens (tertiary/aromatic N) is 2. The van der Waals surface area contributed by atoms with E-state index in [0.29, 0.717) is 6.61 Å². The lowest BCUT2D eigenvalue weighted by atomic mass is 9.95. The summed E-state index contributed by atoms with van der Waals surface area (Å²) >= 11 is 3.48. The predicted molar refractivity (Wildman–Crippen MR) is 77.9 cm³/mol. The molecule has 1 heterocycles. The van der Waals surface area contributed by atoms with Gasteiger partial charge in [0.25, 0.3) is 0 Å². The fourth-order valence-electron chi connectivity index (χ4n) is 2.19. The zero-order valence-electron chi connectivity index (χ0n) is 11.8. The van der Waals surface area contributed by atoms with Gasteiger partial charge in [0.05, 0.1) is 0 Å². The van der Waals surface area contributed by atoms with Crippen LogP contribution in [0.2, 0.25) is 0 Å². The van der Waals surface area contributed by atoms with Crippen molar-refractivity contribution in [1.29, 1.82) is 0 Å². The summed E-state index contributed by atoms with van der Waals surface area (Å²) < 4.78 is 5.95. The largest absolute Gasteiger partial charge is 0.367 e. The molecule has 0 bridgehead atoms. The molecule has 4 heteroatoms. The second-order valence-corrected chi connectivity index (χ2v) is 4.85. The molecule has 0 aliphatic carbocycles. The minimum absolute atomic E-state index is 0.330. The Morgan fingerprint density at radius 1 is 1.22 bits per heavy atom. The third-order valence-electron chi connectivity index (χ3n) is 3.40. The lowest BCUT2D eigenvalue weighted by Gasteiger charge is -2.30. The number of ether oxygens (including phenoxy) is 1. The quantitative estimate of drug-likeness (QED) is 0.714. The first kappa shape index (κ1) is 15.6. The van der Waals surface area contributed by atoms with Crippen LogP contribution in [0.3, 0.4) is 0 Å². The number of aryl methyl sites for hydroxylation is 1. The van der Waals surface area contributed by atoms with E-state index in [1.807, 2.05) is 13.1 Å². The molecule has 0 atom stereocenters. The molecule has 1 aromatic heterocycles. The first-order chi connectivity index (χ1) is 8.67. The monoisotopic (exact) mass is 314 g/mol. The molecule has 0 spiro atoms. The maximum Gasteiger partial charge on any atom is 0.160 e. The van der Waals surface area contributed by atoms with Crippen LogP contribution in [-0.2, 0) is 22.1 Å². The Bertz CT molecular complexity index is 378. The van der Waals surface area contributed by atoms with Crippen LogP contribution in [0.25, 0.3) is 0 Å². The van der Waals surface area contributed by atoms with E-state index in [-0.39, 0.29) is 5.60 Å². The van der Waals surface area contributed by atoms with Gasteiger partial charge in [0.2, 0.25) is 0 Å². The van der Waals surface area contributed by atoms with Crippen LogP contribution in [-0.4, -0.2) is 16.6 Å². The van der Waals surface area contributed by atoms with Crippen LogP contribution < -0.4 is 0 Å². The van der Waals surface area contributed by atoms with Crippen molar-refractivity contribution in [3.63, 3.8) is 0 Å². The Labute approximate surface area is 119 Å². The highest BCUT2D eigenvalue weighted by Crippen LogP contribution is 2.31. The standard InChI is InChI=1S/C14H23BrN2O/c1-5-12-11(9-15)10-16-13(17-12)14(6-2,7-3)18-8-4/h10H,5-9H2,1-4H3. The molecular weight excluding hydrogens is 292 g/mol. The summed E-state index contributed by atoms with van der Waals surface area (Å²) in [5.41, 5.74) is 1.95. The molecule has 0 aromatic carbocycles. The number of alkyl halides is 1. The molecule has 0 aliphatic rings. The summed E-state index contributed by atoms with van der Waals surface area (Å²) in [5.74, 6) is 0.830. The number of halogens is 1. The zero-order chi connectivity index (χ0) is 13.6. The van der Waals surface area contributed by atoms with Crippen LogP contribution in [0, 0.1) is 0 Å². The minimum Gasteiger partial charge on any atom is -0.367 e. The second kappa shape index (κ2) is 7.19. The second-order valence-electron chi connectivity index (χ2n) is 4.29. The third kappa shape index (κ3) is 3.09. The van der Waals surface area contributed by atoms with Crippen LogP contribution in [0.15, 0.2) is 6.20 Å². The van der Waals surface area contributed by atoms with Gasteiger partial charge in [-0.05, 0) is 26.2 Å². The summed E-state index contributed by atoms with van der Waals surface area (Å²) in [7, 11) is 0. The van der Waals surface area contributed by atoms with Crippen LogP contribution in [0.4, 0.5) is 0 Å². The molecule has 0 saturated carbocycles. The van der Waals surface area contributed by atoms with E-state index in [2.05, 4.69) is 41.7 Å². The van der Waals surface area contributed by atoms with Crippen molar-refractivity contribution in [2.75, 3.05) is 6.61 Å². The van der Waals surface area contributed by atoms with E-state index in [1.165, 1.54) is 5.56 Å². The SMILES string of the molecule is CCOC(CC)(CC)c1ncc(CBr)c(CC)n1. The Morgan fingerprint density at radius 2 is 1.89 bits per heavy atom. The minimum atomic E-state index is -0.330. The molecule has 0 unspecified atom stereocenters. The van der Waals surface area contributed by atoms with Crippen molar-refractivity contribution in [1.82, 2.24) is 9.97 Å². The van der Waals surface area contributed by atoms with Gasteiger partial charge in [0, 0.05) is 29.4 Å². The highest BCUT2D eigenvalue weighted by Gasteiger charge is 2.32. The molecule has 18 heavy (non-hydrogen) atoms. The molecule has 0 fully saturated rings. The van der Waals surface area contributed by atoms with Gasteiger partial charge in [-0.2, -0.15) is 0 Å². The predicted octanol–water partition coefficient (Wildman–Crippen LogP) is 3.99. The third-order valence-corrected chi connectivity index (χ3v) is 4.01. The molecule has 0 amide bonds. The molecule has 0 saturated heterocycles. The van der Waals surface area contributed by atoms with E-state index in [4.69, 9.17) is 9.72 Å². The smallest absolute Gasteiger partial charge is 0.160 e. The van der Waals surface area contributed by atoms with E-state index in [0.717, 1.165) is 36.1 Å². The van der Waals surface area contributed by atoms with Crippen molar-refractivity contribution < 1.29 is 4.74 Å². The highest BCUT2D eigenvalue weighted by molar-refractivity contribution is 9.08. The van der Waals surface area contributed by atoms with Crippen LogP contribution in [0.1, 0.15) is 57.6 Å². The summed E-state index contributed by atoms with van der Waals surface area (Å²) in [4.78, 5) is 9.25. The van der Waals surface area contributed by atoms with Gasteiger partial charge < -0.3 is 4.74 Å². The summed E-state index contributed by atoms with van der Waals surface area (Å²) in [6, 6.07) is 0. The Kier molecular flexibility index (Phi) is 6.22. The number of hydrogen-bond donors (Lipinski definition) is 0. The number of hydrogen-bond acceptors (Lipinski definition) is 3. The van der Waals surface area contributed by atoms with Gasteiger partial charge in [0.15, 0.2) is 5.82 Å². The first-order valence-corrected chi connectivity index (χ1v) is 7.84. The van der Waals surface area contributed by atoms with Crippen LogP contribution in [0.5, 0.6) is 0 Å². The molecule has 1 rings (SSSR count). The molecule has 3 nitrogen and oxygen atoms in total. The number of aromatic nitrogens is 2.